The van der Waals surface area contributed by atoms with Gasteiger partial charge in [-0.25, -0.2) is 15.0 Å². The number of benzene rings is 1. The van der Waals surface area contributed by atoms with E-state index in [1.807, 2.05) is 50.1 Å². The van der Waals surface area contributed by atoms with Crippen LogP contribution in [-0.4, -0.2) is 57.5 Å². The van der Waals surface area contributed by atoms with Gasteiger partial charge in [0.05, 0.1) is 18.2 Å². The van der Waals surface area contributed by atoms with Crippen LogP contribution in [0.4, 0.5) is 11.6 Å². The number of pyridine rings is 2. The first-order valence-electron chi connectivity index (χ1n) is 10.0. The molecule has 0 aliphatic heterocycles. The monoisotopic (exact) mass is 415 g/mol. The molecule has 0 aliphatic carbocycles. The van der Waals surface area contributed by atoms with E-state index in [4.69, 9.17) is 0 Å². The maximum atomic E-state index is 12.8. The molecule has 4 aromatic rings. The van der Waals surface area contributed by atoms with Crippen molar-refractivity contribution in [3.8, 4) is 11.3 Å². The van der Waals surface area contributed by atoms with Crippen LogP contribution in [0, 0.1) is 0 Å². The lowest BCUT2D eigenvalue weighted by Gasteiger charge is -2.11. The van der Waals surface area contributed by atoms with Crippen molar-refractivity contribution in [2.45, 2.75) is 0 Å². The smallest absolute Gasteiger partial charge is 0.257 e. The molecule has 3 aromatic heterocycles. The highest BCUT2D eigenvalue weighted by Crippen LogP contribution is 2.25. The second kappa shape index (κ2) is 8.93. The number of likely N-dealkylation sites (N-methyl/N-ethyl adjacent to an activating group) is 1. The highest BCUT2D eigenvalue weighted by atomic mass is 16.1. The predicted molar refractivity (Wildman–Crippen MR) is 123 cm³/mol. The average molecular weight is 416 g/mol. The molecule has 0 bridgehead atoms. The maximum absolute atomic E-state index is 12.8. The second-order valence-corrected chi connectivity index (χ2v) is 7.64. The fourth-order valence-corrected chi connectivity index (χ4v) is 3.27. The summed E-state index contributed by atoms with van der Waals surface area (Å²) < 4.78 is 1.97. The van der Waals surface area contributed by atoms with Gasteiger partial charge in [-0.1, -0.05) is 12.1 Å². The number of aromatic nitrogens is 4. The number of hydrogen-bond acceptors (Lipinski definition) is 6. The Hall–Kier alpha value is -3.78. The van der Waals surface area contributed by atoms with Crippen LogP contribution in [0.3, 0.4) is 0 Å². The van der Waals surface area contributed by atoms with E-state index in [0.29, 0.717) is 17.2 Å². The van der Waals surface area contributed by atoms with Gasteiger partial charge in [-0.3, -0.25) is 4.79 Å². The van der Waals surface area contributed by atoms with Gasteiger partial charge in [-0.15, -0.1) is 0 Å². The number of carbonyl (C=O) groups is 1. The van der Waals surface area contributed by atoms with Crippen LogP contribution in [-0.2, 0) is 7.05 Å². The summed E-state index contributed by atoms with van der Waals surface area (Å²) in [7, 11) is 5.98. The first-order chi connectivity index (χ1) is 15.0. The fourth-order valence-electron chi connectivity index (χ4n) is 3.27. The minimum Gasteiger partial charge on any atom is -0.369 e. The molecule has 0 saturated carbocycles. The molecule has 158 valence electrons. The number of nitrogens with one attached hydrogen (secondary N) is 2. The van der Waals surface area contributed by atoms with Gasteiger partial charge in [-0.05, 0) is 43.7 Å². The highest BCUT2D eigenvalue weighted by Gasteiger charge is 2.10. The van der Waals surface area contributed by atoms with Crippen LogP contribution < -0.4 is 10.6 Å². The summed E-state index contributed by atoms with van der Waals surface area (Å²) >= 11 is 0. The quantitative estimate of drug-likeness (QED) is 0.482. The van der Waals surface area contributed by atoms with Gasteiger partial charge in [0.15, 0.2) is 0 Å². The molecule has 0 unspecified atom stereocenters. The maximum Gasteiger partial charge on any atom is 0.257 e. The Labute approximate surface area is 181 Å². The van der Waals surface area contributed by atoms with E-state index in [0.717, 1.165) is 35.1 Å². The van der Waals surface area contributed by atoms with E-state index in [1.54, 1.807) is 30.9 Å². The zero-order valence-electron chi connectivity index (χ0n) is 17.8. The number of carbonyl (C=O) groups excluding carboxylic acids is 1. The minimum atomic E-state index is -0.229. The number of anilines is 2. The van der Waals surface area contributed by atoms with Gasteiger partial charge < -0.3 is 20.1 Å². The molecule has 0 fully saturated rings. The Morgan fingerprint density at radius 3 is 2.68 bits per heavy atom. The van der Waals surface area contributed by atoms with Crippen molar-refractivity contribution in [2.24, 2.45) is 7.05 Å². The summed E-state index contributed by atoms with van der Waals surface area (Å²) in [6, 6.07) is 11.4. The van der Waals surface area contributed by atoms with E-state index >= 15 is 0 Å². The van der Waals surface area contributed by atoms with Gasteiger partial charge in [0.2, 0.25) is 0 Å². The SMILES string of the molecule is CN(C)CCNc1cc(C(=O)Nc2cc3cc(-c4cncn4C)ccc3cn2)ccn1. The summed E-state index contributed by atoms with van der Waals surface area (Å²) in [6.45, 7) is 1.62. The number of aryl methyl sites for hydroxylation is 1. The number of imidazole rings is 1. The average Bonchev–Trinajstić information content (AvgIpc) is 3.19. The summed E-state index contributed by atoms with van der Waals surface area (Å²) in [4.78, 5) is 27.7. The molecule has 31 heavy (non-hydrogen) atoms. The van der Waals surface area contributed by atoms with Crippen LogP contribution in [0.2, 0.25) is 0 Å². The van der Waals surface area contributed by atoms with Crippen molar-refractivity contribution in [3.05, 3.63) is 66.9 Å². The number of fused-ring (bicyclic) bond motifs is 1. The Bertz CT molecular complexity index is 1220. The number of rotatable bonds is 7. The van der Waals surface area contributed by atoms with Crippen molar-refractivity contribution >= 4 is 28.3 Å². The molecule has 0 saturated heterocycles. The third-order valence-corrected chi connectivity index (χ3v) is 4.96. The first-order valence-corrected chi connectivity index (χ1v) is 10.0. The third kappa shape index (κ3) is 4.87. The molecule has 4 rings (SSSR count). The number of amides is 1. The van der Waals surface area contributed by atoms with Crippen LogP contribution in [0.1, 0.15) is 10.4 Å². The minimum absolute atomic E-state index is 0.229. The van der Waals surface area contributed by atoms with E-state index in [9.17, 15) is 4.79 Å². The molecule has 0 radical (unpaired) electrons. The molecule has 1 amide bonds. The summed E-state index contributed by atoms with van der Waals surface area (Å²) in [5.74, 6) is 0.938. The Balaban J connectivity index is 1.51. The summed E-state index contributed by atoms with van der Waals surface area (Å²) in [5, 5.41) is 8.10. The molecule has 0 aliphatic rings. The van der Waals surface area contributed by atoms with Crippen LogP contribution in [0.5, 0.6) is 0 Å². The topological polar surface area (TPSA) is 88.0 Å². The number of hydrogen-bond donors (Lipinski definition) is 2. The Morgan fingerprint density at radius 2 is 1.90 bits per heavy atom. The zero-order chi connectivity index (χ0) is 21.8. The molecule has 1 aromatic carbocycles. The first kappa shape index (κ1) is 20.5. The van der Waals surface area contributed by atoms with Gasteiger partial charge >= 0.3 is 0 Å². The van der Waals surface area contributed by atoms with Crippen LogP contribution >= 0.6 is 0 Å². The molecule has 8 heteroatoms. The molecule has 2 N–H and O–H groups in total. The number of nitrogens with zero attached hydrogens (tertiary/aromatic N) is 5. The van der Waals surface area contributed by atoms with E-state index < -0.39 is 0 Å². The van der Waals surface area contributed by atoms with Crippen molar-refractivity contribution in [2.75, 3.05) is 37.8 Å². The standard InChI is InChI=1S/C23H25N7O/c1-29(2)9-8-26-21-11-17(6-7-25-21)23(31)28-22-12-19-10-16(4-5-18(19)13-27-22)20-14-24-15-30(20)3/h4-7,10-15H,8-9H2,1-3H3,(H,25,26)(H,27,28,31). The molecule has 8 nitrogen and oxygen atoms in total. The van der Waals surface area contributed by atoms with Gasteiger partial charge in [0, 0.05) is 49.0 Å². The van der Waals surface area contributed by atoms with Gasteiger partial charge in [0.1, 0.15) is 11.6 Å². The van der Waals surface area contributed by atoms with E-state index in [1.165, 1.54) is 0 Å². The summed E-state index contributed by atoms with van der Waals surface area (Å²) in [5.41, 5.74) is 2.60. The van der Waals surface area contributed by atoms with Gasteiger partial charge in [-0.2, -0.15) is 0 Å². The highest BCUT2D eigenvalue weighted by molar-refractivity contribution is 6.05. The molecule has 0 atom stereocenters. The Morgan fingerprint density at radius 1 is 1.03 bits per heavy atom. The summed E-state index contributed by atoms with van der Waals surface area (Å²) in [6.07, 6.45) is 6.99. The third-order valence-electron chi connectivity index (χ3n) is 4.96. The lowest BCUT2D eigenvalue weighted by molar-refractivity contribution is 0.102. The van der Waals surface area contributed by atoms with Crippen molar-refractivity contribution in [1.29, 1.82) is 0 Å². The molecule has 3 heterocycles. The lowest BCUT2D eigenvalue weighted by atomic mass is 10.1. The predicted octanol–water partition coefficient (Wildman–Crippen LogP) is 3.26. The normalized spacial score (nSPS) is 11.1. The van der Waals surface area contributed by atoms with Crippen molar-refractivity contribution in [1.82, 2.24) is 24.4 Å². The second-order valence-electron chi connectivity index (χ2n) is 7.64. The van der Waals surface area contributed by atoms with Crippen molar-refractivity contribution in [3.63, 3.8) is 0 Å². The lowest BCUT2D eigenvalue weighted by Crippen LogP contribution is -2.21. The fraction of sp³-hybridized carbons (Fsp3) is 0.217. The molecule has 0 spiro atoms. The van der Waals surface area contributed by atoms with Gasteiger partial charge in [0.25, 0.3) is 5.91 Å². The van der Waals surface area contributed by atoms with Crippen LogP contribution in [0.25, 0.3) is 22.0 Å². The van der Waals surface area contributed by atoms with E-state index in [2.05, 4.69) is 36.6 Å². The van der Waals surface area contributed by atoms with E-state index in [-0.39, 0.29) is 5.91 Å². The molecular weight excluding hydrogens is 390 g/mol. The van der Waals surface area contributed by atoms with Crippen molar-refractivity contribution < 1.29 is 4.79 Å². The Kier molecular flexibility index (Phi) is 5.90. The molecular formula is C23H25N7O. The largest absolute Gasteiger partial charge is 0.369 e. The van der Waals surface area contributed by atoms with Crippen LogP contribution in [0.15, 0.2) is 61.3 Å². The zero-order valence-corrected chi connectivity index (χ0v) is 17.8.